The fourth-order valence-corrected chi connectivity index (χ4v) is 0.788. The number of aliphatic carboxylic acids is 1. The molecular formula is C7H14NNaO3. The molecule has 0 unspecified atom stereocenters. The van der Waals surface area contributed by atoms with Crippen molar-refractivity contribution in [2.45, 2.75) is 26.3 Å². The summed E-state index contributed by atoms with van der Waals surface area (Å²) in [5.41, 5.74) is 0. The molecule has 0 bridgehead atoms. The van der Waals surface area contributed by atoms with E-state index in [0.717, 1.165) is 6.42 Å². The molecule has 0 aliphatic carbocycles. The van der Waals surface area contributed by atoms with Crippen LogP contribution < -0.4 is 34.9 Å². The third-order valence-electron chi connectivity index (χ3n) is 1.73. The van der Waals surface area contributed by atoms with Gasteiger partial charge in [-0.05, 0) is 5.92 Å². The van der Waals surface area contributed by atoms with Crippen molar-refractivity contribution in [1.82, 2.24) is 5.32 Å². The summed E-state index contributed by atoms with van der Waals surface area (Å²) < 4.78 is 0. The number of hydrogen-bond donors (Lipinski definition) is 2. The Kier molecular flexibility index (Phi) is 9.14. The topological polar surface area (TPSA) is 66.4 Å². The van der Waals surface area contributed by atoms with Gasteiger partial charge in [-0.3, -0.25) is 4.79 Å². The van der Waals surface area contributed by atoms with Crippen LogP contribution in [0.5, 0.6) is 0 Å². The number of hydrogen-bond acceptors (Lipinski definition) is 2. The maximum absolute atomic E-state index is 10.5. The Balaban J connectivity index is -0.000000500. The van der Waals surface area contributed by atoms with Crippen molar-refractivity contribution < 1.29 is 45.7 Å². The van der Waals surface area contributed by atoms with Crippen molar-refractivity contribution in [1.29, 1.82) is 0 Å². The number of carbonyl (C=O) groups excluding carboxylic acids is 1. The van der Waals surface area contributed by atoms with Crippen LogP contribution >= 0.6 is 0 Å². The minimum atomic E-state index is -0.980. The van der Waals surface area contributed by atoms with Gasteiger partial charge in [0.1, 0.15) is 6.04 Å². The standard InChI is InChI=1S/C7H13NO3.Na.H/c1-3-5(2)6(7(10)11)8-4-9;;/h4-6H,3H2,1-2H3,(H,8,9)(H,10,11);;/q;+1;-1/t5-,6-;;/m0../s1. The van der Waals surface area contributed by atoms with Gasteiger partial charge in [0.2, 0.25) is 6.41 Å². The molecule has 2 N–H and O–H groups in total. The first-order valence-electron chi connectivity index (χ1n) is 3.56. The van der Waals surface area contributed by atoms with Crippen LogP contribution in [0.25, 0.3) is 0 Å². The molecule has 2 atom stereocenters. The van der Waals surface area contributed by atoms with E-state index in [-0.39, 0.29) is 36.9 Å². The Bertz CT molecular complexity index is 157. The van der Waals surface area contributed by atoms with Crippen molar-refractivity contribution in [3.05, 3.63) is 0 Å². The van der Waals surface area contributed by atoms with Gasteiger partial charge in [0.05, 0.1) is 0 Å². The molecule has 1 amide bonds. The van der Waals surface area contributed by atoms with E-state index < -0.39 is 12.0 Å². The first kappa shape index (κ1) is 14.5. The number of rotatable bonds is 5. The SMILES string of the molecule is CC[C@H](C)[C@H](NC=O)C(=O)O.[H-].[Na+]. The Morgan fingerprint density at radius 2 is 2.25 bits per heavy atom. The van der Waals surface area contributed by atoms with Gasteiger partial charge in [-0.15, -0.1) is 0 Å². The zero-order valence-corrected chi connectivity index (χ0v) is 9.70. The average Bonchev–Trinajstić information content (AvgIpc) is 1.98. The van der Waals surface area contributed by atoms with Gasteiger partial charge in [-0.25, -0.2) is 4.79 Å². The van der Waals surface area contributed by atoms with Gasteiger partial charge >= 0.3 is 35.5 Å². The van der Waals surface area contributed by atoms with Crippen molar-refractivity contribution in [3.8, 4) is 0 Å². The zero-order chi connectivity index (χ0) is 8.85. The summed E-state index contributed by atoms with van der Waals surface area (Å²) in [4.78, 5) is 20.4. The summed E-state index contributed by atoms with van der Waals surface area (Å²) in [6.45, 7) is 3.67. The van der Waals surface area contributed by atoms with Crippen molar-refractivity contribution in [2.24, 2.45) is 5.92 Å². The summed E-state index contributed by atoms with van der Waals surface area (Å²) in [6.07, 6.45) is 1.16. The monoisotopic (exact) mass is 183 g/mol. The normalized spacial score (nSPS) is 13.8. The second kappa shape index (κ2) is 7.58. The predicted molar refractivity (Wildman–Crippen MR) is 41.2 cm³/mol. The van der Waals surface area contributed by atoms with Crippen molar-refractivity contribution >= 4 is 12.4 Å². The number of carboxylic acid groups (broad SMARTS) is 1. The molecule has 0 fully saturated rings. The Hall–Kier alpha value is -0.0600. The Labute approximate surface area is 95.5 Å². The second-order valence-corrected chi connectivity index (χ2v) is 2.49. The van der Waals surface area contributed by atoms with Crippen LogP contribution in [0.15, 0.2) is 0 Å². The first-order valence-corrected chi connectivity index (χ1v) is 3.56. The molecule has 0 saturated carbocycles. The summed E-state index contributed by atoms with van der Waals surface area (Å²) >= 11 is 0. The van der Waals surface area contributed by atoms with Gasteiger partial charge < -0.3 is 11.8 Å². The second-order valence-electron chi connectivity index (χ2n) is 2.49. The number of amides is 1. The molecule has 0 spiro atoms. The summed E-state index contributed by atoms with van der Waals surface area (Å²) in [7, 11) is 0. The maximum Gasteiger partial charge on any atom is 1.00 e. The van der Waals surface area contributed by atoms with E-state index in [9.17, 15) is 9.59 Å². The third-order valence-corrected chi connectivity index (χ3v) is 1.73. The zero-order valence-electron chi connectivity index (χ0n) is 8.70. The van der Waals surface area contributed by atoms with Gasteiger partial charge in [0.15, 0.2) is 0 Å². The fourth-order valence-electron chi connectivity index (χ4n) is 0.788. The van der Waals surface area contributed by atoms with E-state index in [0.29, 0.717) is 6.41 Å². The van der Waals surface area contributed by atoms with Crippen LogP contribution in [-0.2, 0) is 9.59 Å². The van der Waals surface area contributed by atoms with E-state index in [4.69, 9.17) is 5.11 Å². The number of carboxylic acids is 1. The van der Waals surface area contributed by atoms with Gasteiger partial charge in [0.25, 0.3) is 0 Å². The van der Waals surface area contributed by atoms with Gasteiger partial charge in [-0.2, -0.15) is 0 Å². The van der Waals surface area contributed by atoms with Crippen molar-refractivity contribution in [3.63, 3.8) is 0 Å². The molecule has 0 aromatic heterocycles. The molecule has 0 heterocycles. The smallest absolute Gasteiger partial charge is 1.00 e. The molecule has 0 aromatic carbocycles. The quantitative estimate of drug-likeness (QED) is 0.361. The Morgan fingerprint density at radius 3 is 2.50 bits per heavy atom. The molecule has 12 heavy (non-hydrogen) atoms. The maximum atomic E-state index is 10.5. The average molecular weight is 183 g/mol. The Morgan fingerprint density at radius 1 is 1.75 bits per heavy atom. The number of carbonyl (C=O) groups is 2. The van der Waals surface area contributed by atoms with Crippen molar-refractivity contribution in [2.75, 3.05) is 0 Å². The molecule has 0 aliphatic rings. The molecule has 66 valence electrons. The van der Waals surface area contributed by atoms with Gasteiger partial charge in [0, 0.05) is 0 Å². The summed E-state index contributed by atoms with van der Waals surface area (Å²) in [5.74, 6) is -1.01. The molecule has 0 aliphatic heterocycles. The summed E-state index contributed by atoms with van der Waals surface area (Å²) in [5, 5.41) is 10.8. The van der Waals surface area contributed by atoms with Crippen LogP contribution in [0.4, 0.5) is 0 Å². The minimum absolute atomic E-state index is 0. The van der Waals surface area contributed by atoms with E-state index in [1.165, 1.54) is 0 Å². The minimum Gasteiger partial charge on any atom is -1.00 e. The molecule has 0 rings (SSSR count). The largest absolute Gasteiger partial charge is 1.00 e. The van der Waals surface area contributed by atoms with E-state index in [2.05, 4.69) is 5.32 Å². The van der Waals surface area contributed by atoms with E-state index in [1.807, 2.05) is 6.92 Å². The first-order chi connectivity index (χ1) is 5.13. The molecule has 4 nitrogen and oxygen atoms in total. The molecule has 5 heteroatoms. The van der Waals surface area contributed by atoms with Gasteiger partial charge in [-0.1, -0.05) is 20.3 Å². The summed E-state index contributed by atoms with van der Waals surface area (Å²) in [6, 6.07) is -0.752. The fraction of sp³-hybridized carbons (Fsp3) is 0.714. The molecular weight excluding hydrogens is 169 g/mol. The molecule has 0 saturated heterocycles. The van der Waals surface area contributed by atoms with E-state index >= 15 is 0 Å². The third kappa shape index (κ3) is 4.74. The van der Waals surface area contributed by atoms with Crippen LogP contribution in [0.1, 0.15) is 21.7 Å². The molecule has 0 radical (unpaired) electrons. The van der Waals surface area contributed by atoms with Crippen LogP contribution in [0.3, 0.4) is 0 Å². The van der Waals surface area contributed by atoms with E-state index in [1.54, 1.807) is 6.92 Å². The number of nitrogens with one attached hydrogen (secondary N) is 1. The predicted octanol–water partition coefficient (Wildman–Crippen LogP) is -2.65. The van der Waals surface area contributed by atoms with Crippen LogP contribution in [0.2, 0.25) is 0 Å². The van der Waals surface area contributed by atoms with Crippen LogP contribution in [0, 0.1) is 5.92 Å². The van der Waals surface area contributed by atoms with Crippen LogP contribution in [-0.4, -0.2) is 23.5 Å². The molecule has 0 aromatic rings.